The van der Waals surface area contributed by atoms with Crippen LogP contribution in [0.25, 0.3) is 0 Å². The smallest absolute Gasteiger partial charge is 0.296 e. The maximum atomic E-state index is 12.3. The number of methoxy groups -OCH3 is 1. The maximum Gasteiger partial charge on any atom is 0.296 e. The van der Waals surface area contributed by atoms with Crippen LogP contribution in [0.1, 0.15) is 18.1 Å². The number of aryl methyl sites for hydroxylation is 2. The van der Waals surface area contributed by atoms with Crippen LogP contribution in [0.15, 0.2) is 36.4 Å². The molecule has 0 aliphatic heterocycles. The Morgan fingerprint density at radius 3 is 2.52 bits per heavy atom. The van der Waals surface area contributed by atoms with Crippen LogP contribution in [0, 0.1) is 24.0 Å². The molecule has 0 heterocycles. The Kier molecular flexibility index (Phi) is 5.59. The van der Waals surface area contributed by atoms with Crippen molar-refractivity contribution in [1.29, 1.82) is 0 Å². The number of nitro groups is 1. The quantitative estimate of drug-likeness (QED) is 0.638. The normalized spacial score (nSPS) is 11.5. The molecule has 0 spiro atoms. The van der Waals surface area contributed by atoms with Gasteiger partial charge in [-0.05, 0) is 44.5 Å². The van der Waals surface area contributed by atoms with Crippen LogP contribution in [-0.2, 0) is 4.79 Å². The minimum absolute atomic E-state index is 0.0897. The van der Waals surface area contributed by atoms with E-state index in [1.54, 1.807) is 13.0 Å². The van der Waals surface area contributed by atoms with Crippen molar-refractivity contribution in [2.75, 3.05) is 12.4 Å². The zero-order valence-electron chi connectivity index (χ0n) is 14.5. The third-order valence-electron chi connectivity index (χ3n) is 3.66. The molecule has 1 amide bonds. The van der Waals surface area contributed by atoms with Gasteiger partial charge in [0.2, 0.25) is 0 Å². The van der Waals surface area contributed by atoms with Gasteiger partial charge in [-0.1, -0.05) is 17.7 Å². The van der Waals surface area contributed by atoms with E-state index in [2.05, 4.69) is 5.32 Å². The highest BCUT2D eigenvalue weighted by atomic mass is 16.6. The molecule has 1 unspecified atom stereocenters. The van der Waals surface area contributed by atoms with Crippen LogP contribution in [0.4, 0.5) is 11.4 Å². The second kappa shape index (κ2) is 7.65. The molecule has 0 bridgehead atoms. The first-order chi connectivity index (χ1) is 11.8. The number of benzene rings is 2. The Balaban J connectivity index is 2.14. The number of rotatable bonds is 6. The molecule has 7 heteroatoms. The number of nitrogens with one attached hydrogen (secondary N) is 1. The number of anilines is 1. The van der Waals surface area contributed by atoms with Gasteiger partial charge in [-0.25, -0.2) is 0 Å². The summed E-state index contributed by atoms with van der Waals surface area (Å²) in [6.07, 6.45) is -0.817. The minimum atomic E-state index is -0.817. The molecule has 25 heavy (non-hydrogen) atoms. The van der Waals surface area contributed by atoms with E-state index < -0.39 is 16.9 Å². The van der Waals surface area contributed by atoms with Crippen molar-refractivity contribution in [3.8, 4) is 11.5 Å². The number of amides is 1. The molecule has 132 valence electrons. The lowest BCUT2D eigenvalue weighted by Crippen LogP contribution is -2.30. The molecular weight excluding hydrogens is 324 g/mol. The van der Waals surface area contributed by atoms with Crippen molar-refractivity contribution in [2.24, 2.45) is 0 Å². The van der Waals surface area contributed by atoms with Gasteiger partial charge < -0.3 is 14.8 Å². The first-order valence-corrected chi connectivity index (χ1v) is 7.69. The van der Waals surface area contributed by atoms with Crippen molar-refractivity contribution < 1.29 is 19.2 Å². The van der Waals surface area contributed by atoms with Crippen LogP contribution >= 0.6 is 0 Å². The zero-order valence-corrected chi connectivity index (χ0v) is 14.5. The highest BCUT2D eigenvalue weighted by Gasteiger charge is 2.21. The van der Waals surface area contributed by atoms with Crippen molar-refractivity contribution in [2.45, 2.75) is 26.9 Å². The van der Waals surface area contributed by atoms with E-state index in [9.17, 15) is 14.9 Å². The molecule has 0 aliphatic rings. The summed E-state index contributed by atoms with van der Waals surface area (Å²) < 4.78 is 10.6. The Labute approximate surface area is 145 Å². The zero-order chi connectivity index (χ0) is 18.6. The van der Waals surface area contributed by atoms with E-state index >= 15 is 0 Å². The molecule has 0 aliphatic carbocycles. The number of carbonyl (C=O) groups is 1. The van der Waals surface area contributed by atoms with Gasteiger partial charge in [0.15, 0.2) is 6.10 Å². The van der Waals surface area contributed by atoms with E-state index in [1.807, 2.05) is 26.0 Å². The highest BCUT2D eigenvalue weighted by molar-refractivity contribution is 5.96. The SMILES string of the molecule is COc1ccc(NC(=O)C(C)Oc2ccc(C)cc2C)c([N+](=O)[O-])c1. The lowest BCUT2D eigenvalue weighted by Gasteiger charge is -2.16. The standard InChI is InChI=1S/C18H20N2O5/c1-11-5-8-17(12(2)9-11)25-13(3)18(21)19-15-7-6-14(24-4)10-16(15)20(22)23/h5-10,13H,1-4H3,(H,19,21). The molecule has 7 nitrogen and oxygen atoms in total. The van der Waals surface area contributed by atoms with E-state index in [0.717, 1.165) is 11.1 Å². The second-order valence-electron chi connectivity index (χ2n) is 5.66. The number of nitrogens with zero attached hydrogens (tertiary/aromatic N) is 1. The Hall–Kier alpha value is -3.09. The maximum absolute atomic E-state index is 12.3. The van der Waals surface area contributed by atoms with Gasteiger partial charge in [-0.3, -0.25) is 14.9 Å². The van der Waals surface area contributed by atoms with Crippen LogP contribution in [-0.4, -0.2) is 24.0 Å². The third-order valence-corrected chi connectivity index (χ3v) is 3.66. The Morgan fingerprint density at radius 1 is 1.20 bits per heavy atom. The highest BCUT2D eigenvalue weighted by Crippen LogP contribution is 2.29. The van der Waals surface area contributed by atoms with Gasteiger partial charge in [0.25, 0.3) is 11.6 Å². The second-order valence-corrected chi connectivity index (χ2v) is 5.66. The van der Waals surface area contributed by atoms with Crippen molar-refractivity contribution >= 4 is 17.3 Å². The number of ether oxygens (including phenoxy) is 2. The van der Waals surface area contributed by atoms with Crippen LogP contribution in [0.2, 0.25) is 0 Å². The summed E-state index contributed by atoms with van der Waals surface area (Å²) in [7, 11) is 1.41. The predicted octanol–water partition coefficient (Wildman–Crippen LogP) is 3.63. The average molecular weight is 344 g/mol. The molecule has 0 saturated carbocycles. The molecule has 2 rings (SSSR count). The fourth-order valence-electron chi connectivity index (χ4n) is 2.31. The molecule has 2 aromatic carbocycles. The molecule has 0 fully saturated rings. The monoisotopic (exact) mass is 344 g/mol. The Bertz CT molecular complexity index is 804. The van der Waals surface area contributed by atoms with Gasteiger partial charge in [-0.2, -0.15) is 0 Å². The topological polar surface area (TPSA) is 90.7 Å². The predicted molar refractivity (Wildman–Crippen MR) is 94.3 cm³/mol. The van der Waals surface area contributed by atoms with E-state index in [-0.39, 0.29) is 11.4 Å². The van der Waals surface area contributed by atoms with Gasteiger partial charge in [-0.15, -0.1) is 0 Å². The summed E-state index contributed by atoms with van der Waals surface area (Å²) in [6.45, 7) is 5.45. The first kappa shape index (κ1) is 18.3. The minimum Gasteiger partial charge on any atom is -0.496 e. The third kappa shape index (κ3) is 4.47. The summed E-state index contributed by atoms with van der Waals surface area (Å²) in [5, 5.41) is 13.7. The summed E-state index contributed by atoms with van der Waals surface area (Å²) in [6, 6.07) is 9.86. The number of carbonyl (C=O) groups excluding carboxylic acids is 1. The number of hydrogen-bond acceptors (Lipinski definition) is 5. The average Bonchev–Trinajstić information content (AvgIpc) is 2.57. The van der Waals surface area contributed by atoms with E-state index in [1.165, 1.54) is 25.3 Å². The number of nitro benzene ring substituents is 1. The molecule has 0 saturated heterocycles. The summed E-state index contributed by atoms with van der Waals surface area (Å²) in [4.78, 5) is 22.9. The molecule has 2 aromatic rings. The largest absolute Gasteiger partial charge is 0.496 e. The van der Waals surface area contributed by atoms with Crippen molar-refractivity contribution in [3.63, 3.8) is 0 Å². The van der Waals surface area contributed by atoms with Crippen molar-refractivity contribution in [3.05, 3.63) is 57.6 Å². The van der Waals surface area contributed by atoms with Gasteiger partial charge in [0.05, 0.1) is 18.1 Å². The lowest BCUT2D eigenvalue weighted by molar-refractivity contribution is -0.384. The first-order valence-electron chi connectivity index (χ1n) is 7.69. The molecule has 0 radical (unpaired) electrons. The fourth-order valence-corrected chi connectivity index (χ4v) is 2.31. The molecule has 1 atom stereocenters. The van der Waals surface area contributed by atoms with Gasteiger partial charge >= 0.3 is 0 Å². The van der Waals surface area contributed by atoms with Crippen molar-refractivity contribution in [1.82, 2.24) is 0 Å². The fraction of sp³-hybridized carbons (Fsp3) is 0.278. The van der Waals surface area contributed by atoms with Crippen LogP contribution < -0.4 is 14.8 Å². The van der Waals surface area contributed by atoms with Gasteiger partial charge in [0.1, 0.15) is 17.2 Å². The van der Waals surface area contributed by atoms with E-state index in [0.29, 0.717) is 11.5 Å². The Morgan fingerprint density at radius 2 is 1.92 bits per heavy atom. The molecular formula is C18H20N2O5. The number of hydrogen-bond donors (Lipinski definition) is 1. The summed E-state index contributed by atoms with van der Waals surface area (Å²) >= 11 is 0. The molecule has 1 N–H and O–H groups in total. The summed E-state index contributed by atoms with van der Waals surface area (Å²) in [5.74, 6) is 0.454. The van der Waals surface area contributed by atoms with Crippen LogP contribution in [0.3, 0.4) is 0 Å². The molecule has 0 aromatic heterocycles. The van der Waals surface area contributed by atoms with Gasteiger partial charge in [0, 0.05) is 0 Å². The lowest BCUT2D eigenvalue weighted by atomic mass is 10.1. The summed E-state index contributed by atoms with van der Waals surface area (Å²) in [5.41, 5.74) is 1.85. The van der Waals surface area contributed by atoms with Crippen LogP contribution in [0.5, 0.6) is 11.5 Å². The van der Waals surface area contributed by atoms with E-state index in [4.69, 9.17) is 9.47 Å².